The van der Waals surface area contributed by atoms with Gasteiger partial charge in [0.05, 0.1) is 10.6 Å². The van der Waals surface area contributed by atoms with E-state index in [1.54, 1.807) is 0 Å². The number of nitrogens with one attached hydrogen (secondary N) is 2. The van der Waals surface area contributed by atoms with E-state index in [1.165, 1.54) is 36.4 Å². The highest BCUT2D eigenvalue weighted by Gasteiger charge is 2.16. The van der Waals surface area contributed by atoms with Crippen LogP contribution < -0.4 is 10.0 Å². The summed E-state index contributed by atoms with van der Waals surface area (Å²) >= 11 is 5.66. The van der Waals surface area contributed by atoms with Gasteiger partial charge in [-0.05, 0) is 48.4 Å². The molecule has 2 aromatic carbocycles. The molecule has 2 rings (SSSR count). The van der Waals surface area contributed by atoms with Gasteiger partial charge in [0.25, 0.3) is 5.91 Å². The van der Waals surface area contributed by atoms with Gasteiger partial charge in [-0.1, -0.05) is 25.4 Å². The molecule has 0 spiro atoms. The SMILES string of the molecule is CC(C)CNS(=O)(=O)c1ccc(C(=O)Nc2ccc(Cl)cc2F)cc1. The Morgan fingerprint density at radius 3 is 2.36 bits per heavy atom. The Morgan fingerprint density at radius 2 is 1.80 bits per heavy atom. The Hall–Kier alpha value is -1.96. The van der Waals surface area contributed by atoms with E-state index in [2.05, 4.69) is 10.0 Å². The fourth-order valence-corrected chi connectivity index (χ4v) is 3.30. The van der Waals surface area contributed by atoms with Crippen LogP contribution in [0.25, 0.3) is 0 Å². The minimum absolute atomic E-state index is 0.00954. The second kappa shape index (κ2) is 7.95. The second-order valence-corrected chi connectivity index (χ2v) is 8.05. The summed E-state index contributed by atoms with van der Waals surface area (Å²) in [5.41, 5.74) is 0.196. The number of carbonyl (C=O) groups is 1. The molecule has 1 amide bonds. The summed E-state index contributed by atoms with van der Waals surface area (Å²) in [6.45, 7) is 4.11. The maximum atomic E-state index is 13.7. The molecule has 0 atom stereocenters. The molecule has 0 radical (unpaired) electrons. The second-order valence-electron chi connectivity index (χ2n) is 5.85. The van der Waals surface area contributed by atoms with E-state index in [1.807, 2.05) is 13.8 Å². The molecule has 2 N–H and O–H groups in total. The number of amides is 1. The van der Waals surface area contributed by atoms with Crippen LogP contribution in [0.2, 0.25) is 5.02 Å². The zero-order valence-corrected chi connectivity index (χ0v) is 15.3. The number of halogens is 2. The van der Waals surface area contributed by atoms with Gasteiger partial charge in [-0.3, -0.25) is 4.79 Å². The minimum atomic E-state index is -3.62. The van der Waals surface area contributed by atoms with Crippen molar-refractivity contribution in [2.24, 2.45) is 5.92 Å². The molecule has 0 aliphatic rings. The van der Waals surface area contributed by atoms with Crippen molar-refractivity contribution in [2.75, 3.05) is 11.9 Å². The van der Waals surface area contributed by atoms with Gasteiger partial charge in [0, 0.05) is 17.1 Å². The van der Waals surface area contributed by atoms with Gasteiger partial charge < -0.3 is 5.32 Å². The number of hydrogen-bond donors (Lipinski definition) is 2. The zero-order valence-electron chi connectivity index (χ0n) is 13.7. The average Bonchev–Trinajstić information content (AvgIpc) is 2.56. The molecule has 0 saturated carbocycles. The standard InChI is InChI=1S/C17H18ClFN2O3S/c1-11(2)10-20-25(23,24)14-6-3-12(4-7-14)17(22)21-16-8-5-13(18)9-15(16)19/h3-9,11,20H,10H2,1-2H3,(H,21,22). The van der Waals surface area contributed by atoms with E-state index >= 15 is 0 Å². The van der Waals surface area contributed by atoms with Crippen molar-refractivity contribution in [3.05, 3.63) is 58.9 Å². The summed E-state index contributed by atoms with van der Waals surface area (Å²) in [6, 6.07) is 9.29. The fourth-order valence-electron chi connectivity index (χ4n) is 1.93. The maximum absolute atomic E-state index is 13.7. The lowest BCUT2D eigenvalue weighted by molar-refractivity contribution is 0.102. The quantitative estimate of drug-likeness (QED) is 0.797. The van der Waals surface area contributed by atoms with E-state index in [0.717, 1.165) is 6.07 Å². The van der Waals surface area contributed by atoms with Crippen LogP contribution in [-0.2, 0) is 10.0 Å². The van der Waals surface area contributed by atoms with E-state index in [4.69, 9.17) is 11.6 Å². The highest BCUT2D eigenvalue weighted by molar-refractivity contribution is 7.89. The maximum Gasteiger partial charge on any atom is 0.255 e. The monoisotopic (exact) mass is 384 g/mol. The number of sulfonamides is 1. The Balaban J connectivity index is 2.12. The number of rotatable bonds is 6. The molecule has 5 nitrogen and oxygen atoms in total. The number of anilines is 1. The van der Waals surface area contributed by atoms with Gasteiger partial charge in [-0.2, -0.15) is 0 Å². The largest absolute Gasteiger partial charge is 0.319 e. The van der Waals surface area contributed by atoms with Gasteiger partial charge in [-0.25, -0.2) is 17.5 Å². The van der Waals surface area contributed by atoms with Crippen LogP contribution in [0.15, 0.2) is 47.4 Å². The Bertz CT molecular complexity index is 868. The first-order chi connectivity index (χ1) is 11.7. The smallest absolute Gasteiger partial charge is 0.255 e. The summed E-state index contributed by atoms with van der Waals surface area (Å²) < 4.78 is 40.4. The third kappa shape index (κ3) is 5.26. The highest BCUT2D eigenvalue weighted by Crippen LogP contribution is 2.20. The van der Waals surface area contributed by atoms with Crippen molar-refractivity contribution in [1.82, 2.24) is 4.72 Å². The van der Waals surface area contributed by atoms with Crippen molar-refractivity contribution in [3.63, 3.8) is 0 Å². The number of hydrogen-bond acceptors (Lipinski definition) is 3. The van der Waals surface area contributed by atoms with Crippen molar-refractivity contribution < 1.29 is 17.6 Å². The van der Waals surface area contributed by atoms with Crippen LogP contribution in [0.4, 0.5) is 10.1 Å². The van der Waals surface area contributed by atoms with Crippen LogP contribution in [0, 0.1) is 11.7 Å². The molecule has 2 aromatic rings. The van der Waals surface area contributed by atoms with Crippen molar-refractivity contribution in [3.8, 4) is 0 Å². The van der Waals surface area contributed by atoms with Crippen LogP contribution in [0.5, 0.6) is 0 Å². The van der Waals surface area contributed by atoms with Gasteiger partial charge in [0.2, 0.25) is 10.0 Å². The topological polar surface area (TPSA) is 75.3 Å². The van der Waals surface area contributed by atoms with E-state index in [0.29, 0.717) is 6.54 Å². The first kappa shape index (κ1) is 19.4. The van der Waals surface area contributed by atoms with E-state index in [-0.39, 0.29) is 27.1 Å². The summed E-state index contributed by atoms with van der Waals surface area (Å²) in [5, 5.41) is 2.64. The van der Waals surface area contributed by atoms with Crippen molar-refractivity contribution in [1.29, 1.82) is 0 Å². The predicted octanol–water partition coefficient (Wildman–Crippen LogP) is 3.67. The van der Waals surface area contributed by atoms with Crippen LogP contribution in [0.1, 0.15) is 24.2 Å². The minimum Gasteiger partial charge on any atom is -0.319 e. The first-order valence-electron chi connectivity index (χ1n) is 7.55. The summed E-state index contributed by atoms with van der Waals surface area (Å²) in [4.78, 5) is 12.2. The molecular weight excluding hydrogens is 367 g/mol. The van der Waals surface area contributed by atoms with Gasteiger partial charge in [-0.15, -0.1) is 0 Å². The summed E-state index contributed by atoms with van der Waals surface area (Å²) in [7, 11) is -3.62. The Labute approximate surface area is 151 Å². The highest BCUT2D eigenvalue weighted by atomic mass is 35.5. The predicted molar refractivity (Wildman–Crippen MR) is 95.8 cm³/mol. The van der Waals surface area contributed by atoms with Crippen LogP contribution in [-0.4, -0.2) is 20.9 Å². The molecule has 8 heteroatoms. The zero-order chi connectivity index (χ0) is 18.6. The average molecular weight is 385 g/mol. The van der Waals surface area contributed by atoms with Crippen LogP contribution >= 0.6 is 11.6 Å². The molecule has 0 heterocycles. The Kier molecular flexibility index (Phi) is 6.16. The Morgan fingerprint density at radius 1 is 1.16 bits per heavy atom. The van der Waals surface area contributed by atoms with Crippen molar-refractivity contribution in [2.45, 2.75) is 18.7 Å². The summed E-state index contributed by atoms with van der Waals surface area (Å²) in [6.07, 6.45) is 0. The molecule has 0 fully saturated rings. The molecule has 0 saturated heterocycles. The van der Waals surface area contributed by atoms with Gasteiger partial charge in [0.1, 0.15) is 5.82 Å². The third-order valence-electron chi connectivity index (χ3n) is 3.29. The molecule has 134 valence electrons. The normalized spacial score (nSPS) is 11.6. The number of benzene rings is 2. The first-order valence-corrected chi connectivity index (χ1v) is 9.41. The van der Waals surface area contributed by atoms with Gasteiger partial charge >= 0.3 is 0 Å². The number of carbonyl (C=O) groups excluding carboxylic acids is 1. The fraction of sp³-hybridized carbons (Fsp3) is 0.235. The molecule has 0 unspecified atom stereocenters. The van der Waals surface area contributed by atoms with Crippen molar-refractivity contribution >= 4 is 33.2 Å². The van der Waals surface area contributed by atoms with E-state index < -0.39 is 21.7 Å². The third-order valence-corrected chi connectivity index (χ3v) is 4.96. The van der Waals surface area contributed by atoms with Gasteiger partial charge in [0.15, 0.2) is 0 Å². The molecule has 0 bridgehead atoms. The van der Waals surface area contributed by atoms with E-state index in [9.17, 15) is 17.6 Å². The van der Waals surface area contributed by atoms with Crippen LogP contribution in [0.3, 0.4) is 0 Å². The summed E-state index contributed by atoms with van der Waals surface area (Å²) in [5.74, 6) is -1.03. The molecule has 0 aromatic heterocycles. The molecule has 25 heavy (non-hydrogen) atoms. The molecular formula is C17H18ClFN2O3S. The molecule has 0 aliphatic carbocycles. The lowest BCUT2D eigenvalue weighted by Gasteiger charge is -2.10. The lowest BCUT2D eigenvalue weighted by Crippen LogP contribution is -2.27. The molecule has 0 aliphatic heterocycles. The lowest BCUT2D eigenvalue weighted by atomic mass is 10.2.